The molecule has 0 N–H and O–H groups in total. The normalized spacial score (nSPS) is 13.0. The van der Waals surface area contributed by atoms with Crippen LogP contribution in [0.25, 0.3) is 21.9 Å². The maximum Gasteiger partial charge on any atom is 0.329 e. The van der Waals surface area contributed by atoms with Crippen LogP contribution in [-0.2, 0) is 16.4 Å². The average Bonchev–Trinajstić information content (AvgIpc) is 3.67. The molecule has 1 saturated carbocycles. The van der Waals surface area contributed by atoms with Crippen molar-refractivity contribution >= 4 is 43.4 Å². The maximum atomic E-state index is 13.2. The zero-order valence-corrected chi connectivity index (χ0v) is 24.2. The predicted molar refractivity (Wildman–Crippen MR) is 153 cm³/mol. The first-order valence-electron chi connectivity index (χ1n) is 13.0. The number of benzene rings is 1. The van der Waals surface area contributed by atoms with Crippen LogP contribution in [0.1, 0.15) is 65.2 Å². The lowest BCUT2D eigenvalue weighted by Gasteiger charge is -2.11. The zero-order chi connectivity index (χ0) is 27.9. The lowest BCUT2D eigenvalue weighted by molar-refractivity contribution is 0.308. The summed E-state index contributed by atoms with van der Waals surface area (Å²) in [6.45, 7) is 8.58. The summed E-state index contributed by atoms with van der Waals surface area (Å²) in [6, 6.07) is 7.26. The number of hydrogen-bond donors (Lipinski definition) is 0. The standard InChI is InChI=1S/C22H22ClN5O4S.C3H8.C2H6/c1-33(30,31)10-2-9-32-21-16-6-3-14(23)11-17(16)25-20(26-21)13-27-19-12-24-8-7-18(19)28(22(27)29)15-4-5-15;1-3-2;1-2/h3,6-8,11-12,15H,2,4-5,9-10,13H2,1H3;3H2,1-2H3;1-2H3. The molecule has 1 aliphatic rings. The third kappa shape index (κ3) is 7.32. The molecule has 38 heavy (non-hydrogen) atoms. The van der Waals surface area contributed by atoms with Crippen molar-refractivity contribution in [1.82, 2.24) is 24.1 Å². The second kappa shape index (κ2) is 13.2. The minimum atomic E-state index is -3.08. The Balaban J connectivity index is 0.000000748. The van der Waals surface area contributed by atoms with Crippen molar-refractivity contribution in [3.8, 4) is 5.88 Å². The van der Waals surface area contributed by atoms with Gasteiger partial charge in [-0.2, -0.15) is 4.98 Å². The van der Waals surface area contributed by atoms with Crippen molar-refractivity contribution in [2.75, 3.05) is 18.6 Å². The molecule has 0 unspecified atom stereocenters. The molecule has 0 spiro atoms. The number of halogens is 1. The van der Waals surface area contributed by atoms with E-state index in [1.807, 2.05) is 24.5 Å². The summed E-state index contributed by atoms with van der Waals surface area (Å²) in [6.07, 6.45) is 8.11. The van der Waals surface area contributed by atoms with Crippen molar-refractivity contribution in [2.24, 2.45) is 0 Å². The van der Waals surface area contributed by atoms with Gasteiger partial charge >= 0.3 is 5.69 Å². The fourth-order valence-corrected chi connectivity index (χ4v) is 4.71. The fraction of sp³-hybridized carbons (Fsp3) is 0.481. The topological polar surface area (TPSA) is 109 Å². The van der Waals surface area contributed by atoms with Gasteiger partial charge in [-0.05, 0) is 43.5 Å². The van der Waals surface area contributed by atoms with Gasteiger partial charge in [-0.15, -0.1) is 0 Å². The Morgan fingerprint density at radius 3 is 2.47 bits per heavy atom. The number of rotatable bonds is 8. The van der Waals surface area contributed by atoms with Crippen molar-refractivity contribution < 1.29 is 13.2 Å². The quantitative estimate of drug-likeness (QED) is 0.264. The van der Waals surface area contributed by atoms with E-state index in [0.29, 0.717) is 34.1 Å². The molecule has 11 heteroatoms. The summed E-state index contributed by atoms with van der Waals surface area (Å²) in [4.78, 5) is 26.6. The van der Waals surface area contributed by atoms with Crippen molar-refractivity contribution in [2.45, 2.75) is 66.0 Å². The second-order valence-electron chi connectivity index (χ2n) is 8.98. The summed E-state index contributed by atoms with van der Waals surface area (Å²) in [5.74, 6) is 0.749. The Morgan fingerprint density at radius 2 is 1.82 bits per heavy atom. The lowest BCUT2D eigenvalue weighted by atomic mass is 10.2. The molecule has 4 aromatic rings. The number of aromatic nitrogens is 5. The molecule has 3 aromatic heterocycles. The van der Waals surface area contributed by atoms with Crippen LogP contribution in [0.5, 0.6) is 5.88 Å². The van der Waals surface area contributed by atoms with Gasteiger partial charge in [-0.3, -0.25) is 14.1 Å². The summed E-state index contributed by atoms with van der Waals surface area (Å²) < 4.78 is 32.1. The molecule has 0 aliphatic heterocycles. The van der Waals surface area contributed by atoms with Gasteiger partial charge in [-0.1, -0.05) is 45.7 Å². The number of ether oxygens (including phenoxy) is 1. The molecular formula is C27H36ClN5O4S. The van der Waals surface area contributed by atoms with Gasteiger partial charge in [0.2, 0.25) is 5.88 Å². The van der Waals surface area contributed by atoms with E-state index in [1.54, 1.807) is 35.2 Å². The first-order valence-corrected chi connectivity index (χ1v) is 15.5. The summed E-state index contributed by atoms with van der Waals surface area (Å²) in [7, 11) is -3.08. The molecule has 0 atom stereocenters. The van der Waals surface area contributed by atoms with Gasteiger partial charge in [0, 0.05) is 23.5 Å². The molecule has 0 bridgehead atoms. The van der Waals surface area contributed by atoms with Gasteiger partial charge in [0.15, 0.2) is 5.82 Å². The van der Waals surface area contributed by atoms with Gasteiger partial charge < -0.3 is 4.74 Å². The Kier molecular flexibility index (Phi) is 10.3. The van der Waals surface area contributed by atoms with Gasteiger partial charge in [-0.25, -0.2) is 18.2 Å². The van der Waals surface area contributed by atoms with Crippen LogP contribution in [0.15, 0.2) is 41.5 Å². The summed E-state index contributed by atoms with van der Waals surface area (Å²) >= 11 is 6.17. The lowest BCUT2D eigenvalue weighted by Crippen LogP contribution is -2.25. The van der Waals surface area contributed by atoms with Crippen LogP contribution >= 0.6 is 11.6 Å². The summed E-state index contributed by atoms with van der Waals surface area (Å²) in [5.41, 5.74) is 2.03. The van der Waals surface area contributed by atoms with E-state index >= 15 is 0 Å². The third-order valence-electron chi connectivity index (χ3n) is 5.55. The Bertz CT molecular complexity index is 1540. The van der Waals surface area contributed by atoms with E-state index in [9.17, 15) is 13.2 Å². The zero-order valence-electron chi connectivity index (χ0n) is 22.6. The van der Waals surface area contributed by atoms with Gasteiger partial charge in [0.1, 0.15) is 9.84 Å². The molecule has 1 fully saturated rings. The van der Waals surface area contributed by atoms with Crippen molar-refractivity contribution in [3.63, 3.8) is 0 Å². The molecule has 0 radical (unpaired) electrons. The molecule has 0 saturated heterocycles. The Morgan fingerprint density at radius 1 is 1.11 bits per heavy atom. The molecule has 5 rings (SSSR count). The molecule has 1 aliphatic carbocycles. The highest BCUT2D eigenvalue weighted by Crippen LogP contribution is 2.36. The SMILES string of the molecule is CC.CCC.CS(=O)(=O)CCCOc1nc(Cn2c(=O)n(C3CC3)c3ccncc32)nc2cc(Cl)ccc12. The third-order valence-corrected chi connectivity index (χ3v) is 6.81. The molecule has 206 valence electrons. The minimum absolute atomic E-state index is 0.0256. The van der Waals surface area contributed by atoms with Crippen LogP contribution in [0.3, 0.4) is 0 Å². The molecule has 0 amide bonds. The predicted octanol–water partition coefficient (Wildman–Crippen LogP) is 5.43. The fourth-order valence-electron chi connectivity index (χ4n) is 3.90. The van der Waals surface area contributed by atoms with E-state index in [4.69, 9.17) is 16.3 Å². The number of hydrogen-bond acceptors (Lipinski definition) is 7. The largest absolute Gasteiger partial charge is 0.477 e. The van der Waals surface area contributed by atoms with Crippen LogP contribution < -0.4 is 10.4 Å². The average molecular weight is 562 g/mol. The highest BCUT2D eigenvalue weighted by molar-refractivity contribution is 7.90. The number of nitrogens with zero attached hydrogens (tertiary/aromatic N) is 5. The van der Waals surface area contributed by atoms with Crippen LogP contribution in [0, 0.1) is 0 Å². The first-order chi connectivity index (χ1) is 18.2. The highest BCUT2D eigenvalue weighted by atomic mass is 35.5. The Hall–Kier alpha value is -2.98. The smallest absolute Gasteiger partial charge is 0.329 e. The molecule has 3 heterocycles. The molecule has 9 nitrogen and oxygen atoms in total. The maximum absolute atomic E-state index is 13.2. The monoisotopic (exact) mass is 561 g/mol. The Labute approximate surface area is 228 Å². The van der Waals surface area contributed by atoms with E-state index in [0.717, 1.165) is 23.9 Å². The van der Waals surface area contributed by atoms with Crippen LogP contribution in [-0.4, -0.2) is 51.1 Å². The van der Waals surface area contributed by atoms with E-state index in [2.05, 4.69) is 28.8 Å². The molecule has 1 aromatic carbocycles. The number of fused-ring (bicyclic) bond motifs is 2. The van der Waals surface area contributed by atoms with E-state index < -0.39 is 9.84 Å². The minimum Gasteiger partial charge on any atom is -0.477 e. The van der Waals surface area contributed by atoms with Gasteiger partial charge in [0.05, 0.1) is 47.0 Å². The van der Waals surface area contributed by atoms with Crippen molar-refractivity contribution in [1.29, 1.82) is 0 Å². The second-order valence-corrected chi connectivity index (χ2v) is 11.7. The molecular weight excluding hydrogens is 526 g/mol. The van der Waals surface area contributed by atoms with Crippen LogP contribution in [0.4, 0.5) is 0 Å². The van der Waals surface area contributed by atoms with E-state index in [-0.39, 0.29) is 30.6 Å². The van der Waals surface area contributed by atoms with Crippen molar-refractivity contribution in [3.05, 3.63) is 58.0 Å². The first kappa shape index (κ1) is 29.6. The van der Waals surface area contributed by atoms with Gasteiger partial charge in [0.25, 0.3) is 0 Å². The van der Waals surface area contributed by atoms with E-state index in [1.165, 1.54) is 12.7 Å². The summed E-state index contributed by atoms with van der Waals surface area (Å²) in [5, 5.41) is 1.18. The number of imidazole rings is 1. The number of sulfone groups is 1. The highest BCUT2D eigenvalue weighted by Gasteiger charge is 2.29. The number of pyridine rings is 1. The van der Waals surface area contributed by atoms with Crippen LogP contribution in [0.2, 0.25) is 5.02 Å².